The van der Waals surface area contributed by atoms with E-state index in [1.54, 1.807) is 13.8 Å². The van der Waals surface area contributed by atoms with Gasteiger partial charge in [0.25, 0.3) is 0 Å². The van der Waals surface area contributed by atoms with Crippen LogP contribution in [0.1, 0.15) is 41.5 Å². The van der Waals surface area contributed by atoms with Gasteiger partial charge in [0.15, 0.2) is 5.41 Å². The maximum absolute atomic E-state index is 12.0. The topological polar surface area (TPSA) is 71.1 Å². The highest BCUT2D eigenvalue weighted by Gasteiger charge is 2.39. The smallest absolute Gasteiger partial charge is 0.322 e. The monoisotopic (exact) mass is 304 g/mol. The molecule has 2 unspecified atom stereocenters. The molecule has 124 valence electrons. The largest absolute Gasteiger partial charge is 0.462 e. The van der Waals surface area contributed by atoms with Crippen LogP contribution in [0.3, 0.4) is 0 Å². The fourth-order valence-corrected chi connectivity index (χ4v) is 1.50. The van der Waals surface area contributed by atoms with Gasteiger partial charge in [-0.05, 0) is 41.5 Å². The first-order valence-corrected chi connectivity index (χ1v) is 7.33. The molecule has 0 rings (SSSR count). The molecule has 6 nitrogen and oxygen atoms in total. The Hall–Kier alpha value is -1.14. The number of carbonyl (C=O) groups is 2. The maximum Gasteiger partial charge on any atom is 0.322 e. The van der Waals surface area contributed by atoms with Crippen molar-refractivity contribution >= 4 is 11.9 Å². The zero-order valence-electron chi connectivity index (χ0n) is 13.9. The molecule has 0 saturated carbocycles. The van der Waals surface area contributed by atoms with Crippen molar-refractivity contribution in [1.29, 1.82) is 0 Å². The van der Waals surface area contributed by atoms with Gasteiger partial charge in [0.1, 0.15) is 13.2 Å². The van der Waals surface area contributed by atoms with Gasteiger partial charge in [-0.1, -0.05) is 0 Å². The molecule has 0 spiro atoms. The summed E-state index contributed by atoms with van der Waals surface area (Å²) < 4.78 is 20.7. The number of ether oxygens (including phenoxy) is 4. The third kappa shape index (κ3) is 7.43. The molecule has 21 heavy (non-hydrogen) atoms. The lowest BCUT2D eigenvalue weighted by Crippen LogP contribution is -2.39. The number of esters is 2. The molecular weight excluding hydrogens is 276 g/mol. The van der Waals surface area contributed by atoms with Gasteiger partial charge < -0.3 is 18.9 Å². The average molecular weight is 304 g/mol. The van der Waals surface area contributed by atoms with Crippen LogP contribution in [0.4, 0.5) is 0 Å². The van der Waals surface area contributed by atoms with Gasteiger partial charge in [-0.25, -0.2) is 0 Å². The minimum Gasteiger partial charge on any atom is -0.462 e. The standard InChI is InChI=1S/C15H28O6/c1-7-18-11(3)9-20-13(16)15(5,6)14(17)21-10-12(4)19-8-2/h11-12H,7-10H2,1-6H3. The Labute approximate surface area is 127 Å². The van der Waals surface area contributed by atoms with Crippen LogP contribution >= 0.6 is 0 Å². The molecule has 0 amide bonds. The fraction of sp³-hybridized carbons (Fsp3) is 0.867. The molecule has 0 aliphatic heterocycles. The van der Waals surface area contributed by atoms with Crippen molar-refractivity contribution in [3.63, 3.8) is 0 Å². The molecule has 0 aromatic heterocycles. The van der Waals surface area contributed by atoms with Crippen molar-refractivity contribution in [3.05, 3.63) is 0 Å². The summed E-state index contributed by atoms with van der Waals surface area (Å²) in [5.74, 6) is -1.24. The van der Waals surface area contributed by atoms with Crippen molar-refractivity contribution in [2.45, 2.75) is 53.8 Å². The van der Waals surface area contributed by atoms with Crippen LogP contribution in [0.5, 0.6) is 0 Å². The predicted octanol–water partition coefficient (Wildman–Crippen LogP) is 1.95. The number of rotatable bonds is 10. The Morgan fingerprint density at radius 1 is 0.857 bits per heavy atom. The van der Waals surface area contributed by atoms with E-state index in [4.69, 9.17) is 18.9 Å². The summed E-state index contributed by atoms with van der Waals surface area (Å²) in [6.07, 6.45) is -0.410. The maximum atomic E-state index is 12.0. The summed E-state index contributed by atoms with van der Waals surface area (Å²) in [6.45, 7) is 11.6. The Kier molecular flexibility index (Phi) is 9.21. The molecule has 0 aromatic rings. The molecular formula is C15H28O6. The highest BCUT2D eigenvalue weighted by Crippen LogP contribution is 2.20. The first-order valence-electron chi connectivity index (χ1n) is 7.33. The zero-order valence-corrected chi connectivity index (χ0v) is 13.9. The highest BCUT2D eigenvalue weighted by atomic mass is 16.6. The van der Waals surface area contributed by atoms with E-state index in [9.17, 15) is 9.59 Å². The second kappa shape index (κ2) is 9.73. The van der Waals surface area contributed by atoms with E-state index in [0.29, 0.717) is 13.2 Å². The lowest BCUT2D eigenvalue weighted by Gasteiger charge is -2.23. The molecule has 0 N–H and O–H groups in total. The van der Waals surface area contributed by atoms with E-state index in [1.165, 1.54) is 13.8 Å². The van der Waals surface area contributed by atoms with Crippen LogP contribution in [0.15, 0.2) is 0 Å². The Bertz CT molecular complexity index is 296. The minimum atomic E-state index is -1.35. The van der Waals surface area contributed by atoms with Crippen LogP contribution in [0.25, 0.3) is 0 Å². The van der Waals surface area contributed by atoms with Crippen molar-refractivity contribution in [3.8, 4) is 0 Å². The molecule has 2 atom stereocenters. The van der Waals surface area contributed by atoms with Crippen LogP contribution < -0.4 is 0 Å². The molecule has 0 aromatic carbocycles. The van der Waals surface area contributed by atoms with Gasteiger partial charge in [-0.3, -0.25) is 9.59 Å². The highest BCUT2D eigenvalue weighted by molar-refractivity contribution is 5.99. The molecule has 0 saturated heterocycles. The summed E-state index contributed by atoms with van der Waals surface area (Å²) in [4.78, 5) is 24.0. The van der Waals surface area contributed by atoms with Gasteiger partial charge in [0, 0.05) is 13.2 Å². The summed E-state index contributed by atoms with van der Waals surface area (Å²) in [7, 11) is 0. The van der Waals surface area contributed by atoms with E-state index >= 15 is 0 Å². The van der Waals surface area contributed by atoms with Crippen molar-refractivity contribution in [2.24, 2.45) is 5.41 Å². The summed E-state index contributed by atoms with van der Waals surface area (Å²) in [5.41, 5.74) is -1.35. The molecule has 0 bridgehead atoms. The van der Waals surface area contributed by atoms with Crippen LogP contribution in [-0.4, -0.2) is 50.6 Å². The summed E-state index contributed by atoms with van der Waals surface area (Å²) in [6, 6.07) is 0. The Morgan fingerprint density at radius 3 is 1.48 bits per heavy atom. The third-order valence-corrected chi connectivity index (χ3v) is 2.82. The van der Waals surface area contributed by atoms with Crippen LogP contribution in [0.2, 0.25) is 0 Å². The van der Waals surface area contributed by atoms with Gasteiger partial charge in [-0.15, -0.1) is 0 Å². The Balaban J connectivity index is 4.30. The van der Waals surface area contributed by atoms with Gasteiger partial charge in [-0.2, -0.15) is 0 Å². The lowest BCUT2D eigenvalue weighted by atomic mass is 9.94. The van der Waals surface area contributed by atoms with E-state index in [2.05, 4.69) is 0 Å². The summed E-state index contributed by atoms with van der Waals surface area (Å²) >= 11 is 0. The minimum absolute atomic E-state index is 0.110. The van der Waals surface area contributed by atoms with Crippen molar-refractivity contribution in [2.75, 3.05) is 26.4 Å². The quantitative estimate of drug-likeness (QED) is 0.454. The third-order valence-electron chi connectivity index (χ3n) is 2.82. The Morgan fingerprint density at radius 2 is 1.19 bits per heavy atom. The molecule has 6 heteroatoms. The van der Waals surface area contributed by atoms with E-state index in [0.717, 1.165) is 0 Å². The van der Waals surface area contributed by atoms with Gasteiger partial charge in [0.05, 0.1) is 12.2 Å². The molecule has 0 heterocycles. The SMILES string of the molecule is CCOC(C)COC(=O)C(C)(C)C(=O)OCC(C)OCC. The predicted molar refractivity (Wildman–Crippen MR) is 77.9 cm³/mol. The lowest BCUT2D eigenvalue weighted by molar-refractivity contribution is -0.173. The fourth-order valence-electron chi connectivity index (χ4n) is 1.50. The molecule has 0 fully saturated rings. The first kappa shape index (κ1) is 19.9. The summed E-state index contributed by atoms with van der Waals surface area (Å²) in [5, 5.41) is 0. The van der Waals surface area contributed by atoms with E-state index in [1.807, 2.05) is 13.8 Å². The van der Waals surface area contributed by atoms with Gasteiger partial charge in [0.2, 0.25) is 0 Å². The molecule has 0 radical (unpaired) electrons. The van der Waals surface area contributed by atoms with Crippen molar-refractivity contribution in [1.82, 2.24) is 0 Å². The van der Waals surface area contributed by atoms with Crippen LogP contribution in [-0.2, 0) is 28.5 Å². The number of hydrogen-bond acceptors (Lipinski definition) is 6. The van der Waals surface area contributed by atoms with E-state index in [-0.39, 0.29) is 25.4 Å². The van der Waals surface area contributed by atoms with E-state index < -0.39 is 17.4 Å². The van der Waals surface area contributed by atoms with Crippen LogP contribution in [0, 0.1) is 5.41 Å². The number of carbonyl (C=O) groups excluding carboxylic acids is 2. The second-order valence-electron chi connectivity index (χ2n) is 5.35. The second-order valence-corrected chi connectivity index (χ2v) is 5.35. The van der Waals surface area contributed by atoms with Crippen molar-refractivity contribution < 1.29 is 28.5 Å². The molecule has 0 aliphatic carbocycles. The first-order chi connectivity index (χ1) is 9.75. The molecule has 0 aliphatic rings. The zero-order chi connectivity index (χ0) is 16.5. The average Bonchev–Trinajstić information content (AvgIpc) is 2.42. The number of hydrogen-bond donors (Lipinski definition) is 0. The van der Waals surface area contributed by atoms with Gasteiger partial charge >= 0.3 is 11.9 Å². The normalized spacial score (nSPS) is 14.4.